The molecule has 0 aromatic carbocycles. The van der Waals surface area contributed by atoms with E-state index in [0.717, 1.165) is 0 Å². The minimum Gasteiger partial charge on any atom is -0.382 e. The second kappa shape index (κ2) is 3.19. The van der Waals surface area contributed by atoms with E-state index in [1.165, 1.54) is 19.9 Å². The predicted octanol–water partition coefficient (Wildman–Crippen LogP) is 0.245. The van der Waals surface area contributed by atoms with Crippen molar-refractivity contribution in [2.24, 2.45) is 23.7 Å². The van der Waals surface area contributed by atoms with Gasteiger partial charge in [0, 0.05) is 17.8 Å². The van der Waals surface area contributed by atoms with E-state index in [1.54, 1.807) is 18.2 Å². The largest absolute Gasteiger partial charge is 0.382 e. The van der Waals surface area contributed by atoms with Crippen LogP contribution in [0.1, 0.15) is 13.8 Å². The van der Waals surface area contributed by atoms with Crippen molar-refractivity contribution < 1.29 is 19.8 Å². The van der Waals surface area contributed by atoms with Gasteiger partial charge in [0.1, 0.15) is 11.2 Å². The molecule has 0 heterocycles. The summed E-state index contributed by atoms with van der Waals surface area (Å²) in [5.41, 5.74) is -3.01. The fourth-order valence-corrected chi connectivity index (χ4v) is 3.75. The molecule has 0 spiro atoms. The Kier molecular flexibility index (Phi) is 2.09. The maximum Gasteiger partial charge on any atom is 0.186 e. The molecule has 0 amide bonds. The van der Waals surface area contributed by atoms with Crippen molar-refractivity contribution in [2.75, 3.05) is 0 Å². The third-order valence-corrected chi connectivity index (χ3v) is 4.81. The fraction of sp³-hybridized carbons (Fsp3) is 0.571. The van der Waals surface area contributed by atoms with Crippen molar-refractivity contribution in [1.29, 1.82) is 0 Å². The summed E-state index contributed by atoms with van der Waals surface area (Å²) in [6, 6.07) is 0. The number of carbonyl (C=O) groups excluding carboxylic acids is 2. The molecular formula is C14H16O4. The fourth-order valence-electron chi connectivity index (χ4n) is 3.75. The van der Waals surface area contributed by atoms with E-state index < -0.39 is 29.0 Å². The van der Waals surface area contributed by atoms with Crippen LogP contribution in [0.25, 0.3) is 0 Å². The number of carbonyl (C=O) groups is 2. The first-order valence-electron chi connectivity index (χ1n) is 6.18. The molecule has 0 aromatic heterocycles. The molecule has 1 fully saturated rings. The first-order valence-corrected chi connectivity index (χ1v) is 6.18. The number of hydrogen-bond acceptors (Lipinski definition) is 4. The Morgan fingerprint density at radius 3 is 2.39 bits per heavy atom. The number of hydrogen-bond donors (Lipinski definition) is 2. The number of aliphatic hydroxyl groups is 2. The summed E-state index contributed by atoms with van der Waals surface area (Å²) in [5, 5.41) is 20.8. The smallest absolute Gasteiger partial charge is 0.186 e. The van der Waals surface area contributed by atoms with Gasteiger partial charge in [0.25, 0.3) is 0 Å². The molecule has 2 bridgehead atoms. The van der Waals surface area contributed by atoms with Crippen LogP contribution in [0.2, 0.25) is 0 Å². The van der Waals surface area contributed by atoms with Crippen LogP contribution in [0, 0.1) is 23.7 Å². The molecular weight excluding hydrogens is 232 g/mol. The summed E-state index contributed by atoms with van der Waals surface area (Å²) in [4.78, 5) is 24.0. The van der Waals surface area contributed by atoms with E-state index in [-0.39, 0.29) is 17.5 Å². The number of rotatable bonds is 0. The Bertz CT molecular complexity index is 498. The minimum absolute atomic E-state index is 0.194. The van der Waals surface area contributed by atoms with Crippen LogP contribution in [0.15, 0.2) is 24.3 Å². The second-order valence-corrected chi connectivity index (χ2v) is 5.92. The summed E-state index contributed by atoms with van der Waals surface area (Å²) in [6.07, 6.45) is 6.63. The van der Waals surface area contributed by atoms with Crippen LogP contribution < -0.4 is 0 Å². The monoisotopic (exact) mass is 248 g/mol. The lowest BCUT2D eigenvalue weighted by Crippen LogP contribution is -2.66. The standard InChI is InChI=1S/C14H16O4/c1-13(17)9-5-3-8(12(13)16)7-4-6-10(15)14(2,18)11(7)9/h3-9,11,17-18H,1-2H3/t7?,8?,9?,11?,13?,14-/m1/s1. The number of Topliss-reactive ketones (excluding diaryl/α,β-unsaturated/α-hetero) is 1. The molecule has 0 aromatic rings. The first-order chi connectivity index (χ1) is 8.28. The maximum absolute atomic E-state index is 12.2. The van der Waals surface area contributed by atoms with Gasteiger partial charge in [-0.25, -0.2) is 0 Å². The zero-order valence-electron chi connectivity index (χ0n) is 10.3. The third-order valence-electron chi connectivity index (χ3n) is 4.81. The average Bonchev–Trinajstić information content (AvgIpc) is 2.30. The summed E-state index contributed by atoms with van der Waals surface area (Å²) in [7, 11) is 0. The molecule has 5 unspecified atom stereocenters. The van der Waals surface area contributed by atoms with Crippen LogP contribution in [-0.2, 0) is 9.59 Å². The molecule has 6 atom stereocenters. The molecule has 4 rings (SSSR count). The van der Waals surface area contributed by atoms with Crippen molar-refractivity contribution >= 4 is 11.6 Å². The van der Waals surface area contributed by atoms with Gasteiger partial charge in [-0.15, -0.1) is 0 Å². The highest BCUT2D eigenvalue weighted by molar-refractivity contribution is 6.00. The normalized spacial score (nSPS) is 53.8. The highest BCUT2D eigenvalue weighted by Gasteiger charge is 2.62. The quantitative estimate of drug-likeness (QED) is 0.602. The topological polar surface area (TPSA) is 74.6 Å². The van der Waals surface area contributed by atoms with E-state index in [2.05, 4.69) is 0 Å². The zero-order valence-corrected chi connectivity index (χ0v) is 10.3. The van der Waals surface area contributed by atoms with E-state index >= 15 is 0 Å². The summed E-state index contributed by atoms with van der Waals surface area (Å²) in [6.45, 7) is 2.96. The van der Waals surface area contributed by atoms with Gasteiger partial charge in [-0.1, -0.05) is 18.2 Å². The van der Waals surface area contributed by atoms with Crippen molar-refractivity contribution in [3.63, 3.8) is 0 Å². The van der Waals surface area contributed by atoms with Crippen LogP contribution in [0.4, 0.5) is 0 Å². The molecule has 1 saturated carbocycles. The Hall–Kier alpha value is -1.26. The van der Waals surface area contributed by atoms with Gasteiger partial charge >= 0.3 is 0 Å². The molecule has 4 aliphatic rings. The van der Waals surface area contributed by atoms with Crippen molar-refractivity contribution in [3.8, 4) is 0 Å². The highest BCUT2D eigenvalue weighted by atomic mass is 16.3. The van der Waals surface area contributed by atoms with Gasteiger partial charge in [0.15, 0.2) is 11.6 Å². The van der Waals surface area contributed by atoms with Gasteiger partial charge in [-0.2, -0.15) is 0 Å². The summed E-state index contributed by atoms with van der Waals surface area (Å²) >= 11 is 0. The predicted molar refractivity (Wildman–Crippen MR) is 63.5 cm³/mol. The Morgan fingerprint density at radius 2 is 1.72 bits per heavy atom. The second-order valence-electron chi connectivity index (χ2n) is 5.92. The lowest BCUT2D eigenvalue weighted by molar-refractivity contribution is -0.175. The SMILES string of the molecule is CC1(O)C(=O)C2C=CC1C1C2C=CC(=O)[C@@]1(C)O. The first kappa shape index (κ1) is 11.8. The van der Waals surface area contributed by atoms with Crippen molar-refractivity contribution in [3.05, 3.63) is 24.3 Å². The van der Waals surface area contributed by atoms with E-state index in [4.69, 9.17) is 0 Å². The molecule has 2 N–H and O–H groups in total. The Morgan fingerprint density at radius 1 is 1.06 bits per heavy atom. The third kappa shape index (κ3) is 1.17. The van der Waals surface area contributed by atoms with E-state index in [1.807, 2.05) is 0 Å². The Labute approximate surface area is 105 Å². The molecule has 0 saturated heterocycles. The molecule has 4 nitrogen and oxygen atoms in total. The number of allylic oxidation sites excluding steroid dienone is 2. The Balaban J connectivity index is 2.17. The molecule has 0 aliphatic heterocycles. The van der Waals surface area contributed by atoms with E-state index in [9.17, 15) is 19.8 Å². The molecule has 18 heavy (non-hydrogen) atoms. The van der Waals surface area contributed by atoms with E-state index in [0.29, 0.717) is 0 Å². The number of ketones is 2. The van der Waals surface area contributed by atoms with Crippen LogP contribution in [0.5, 0.6) is 0 Å². The van der Waals surface area contributed by atoms with Gasteiger partial charge < -0.3 is 10.2 Å². The lowest BCUT2D eigenvalue weighted by Gasteiger charge is -2.55. The number of fused-ring (bicyclic) bond motifs is 1. The summed E-state index contributed by atoms with van der Waals surface area (Å²) in [5.74, 6) is -2.15. The van der Waals surface area contributed by atoms with Crippen LogP contribution >= 0.6 is 0 Å². The zero-order chi connectivity index (χ0) is 13.3. The molecule has 4 aliphatic carbocycles. The van der Waals surface area contributed by atoms with Crippen molar-refractivity contribution in [2.45, 2.75) is 25.0 Å². The summed E-state index contributed by atoms with van der Waals surface area (Å²) < 4.78 is 0. The highest BCUT2D eigenvalue weighted by Crippen LogP contribution is 2.53. The van der Waals surface area contributed by atoms with Gasteiger partial charge in [0.05, 0.1) is 0 Å². The van der Waals surface area contributed by atoms with Crippen molar-refractivity contribution in [1.82, 2.24) is 0 Å². The van der Waals surface area contributed by atoms with Gasteiger partial charge in [-0.05, 0) is 25.8 Å². The molecule has 4 heteroatoms. The van der Waals surface area contributed by atoms with Crippen LogP contribution in [-0.4, -0.2) is 33.0 Å². The lowest BCUT2D eigenvalue weighted by atomic mass is 9.50. The molecule has 0 radical (unpaired) electrons. The molecule has 96 valence electrons. The van der Waals surface area contributed by atoms with Gasteiger partial charge in [0.2, 0.25) is 0 Å². The minimum atomic E-state index is -1.52. The van der Waals surface area contributed by atoms with Gasteiger partial charge in [-0.3, -0.25) is 9.59 Å². The average molecular weight is 248 g/mol. The van der Waals surface area contributed by atoms with Crippen LogP contribution in [0.3, 0.4) is 0 Å². The maximum atomic E-state index is 12.2.